The van der Waals surface area contributed by atoms with E-state index in [0.29, 0.717) is 13.2 Å². The second-order valence-corrected chi connectivity index (χ2v) is 10.1. The first-order valence-corrected chi connectivity index (χ1v) is 12.0. The van der Waals surface area contributed by atoms with Gasteiger partial charge in [0.1, 0.15) is 16.4 Å². The van der Waals surface area contributed by atoms with Crippen LogP contribution in [0.4, 0.5) is 4.79 Å². The first-order valence-electron chi connectivity index (χ1n) is 11.2. The van der Waals surface area contributed by atoms with E-state index in [1.54, 1.807) is 6.20 Å². The van der Waals surface area contributed by atoms with Gasteiger partial charge in [0.15, 0.2) is 0 Å². The number of ether oxygens (including phenoxy) is 3. The van der Waals surface area contributed by atoms with Gasteiger partial charge in [-0.2, -0.15) is 0 Å². The standard InChI is InChI=1S/C24H33N3O5S/c1-24(2,3)32-23(29)26-15-20-14-25-21(33-20)17-6-8-19(9-7-17)31-13-5-11-27-12-10-18(16-27)22(28)30-4/h6-9,14,18H,5,10-13,15-16H2,1-4H3,(H,26,29). The molecule has 1 aromatic heterocycles. The molecule has 1 aromatic carbocycles. The van der Waals surface area contributed by atoms with Gasteiger partial charge in [0.25, 0.3) is 0 Å². The van der Waals surface area contributed by atoms with E-state index in [0.717, 1.165) is 53.7 Å². The largest absolute Gasteiger partial charge is 0.494 e. The average Bonchev–Trinajstić information content (AvgIpc) is 3.44. The maximum Gasteiger partial charge on any atom is 0.407 e. The molecule has 1 atom stereocenters. The van der Waals surface area contributed by atoms with E-state index >= 15 is 0 Å². The highest BCUT2D eigenvalue weighted by atomic mass is 32.1. The number of carbonyl (C=O) groups is 2. The highest BCUT2D eigenvalue weighted by molar-refractivity contribution is 7.15. The van der Waals surface area contributed by atoms with Crippen molar-refractivity contribution in [2.45, 2.75) is 45.8 Å². The molecule has 0 spiro atoms. The SMILES string of the molecule is COC(=O)C1CCN(CCCOc2ccc(-c3ncc(CNC(=O)OC(C)(C)C)s3)cc2)C1. The number of amides is 1. The lowest BCUT2D eigenvalue weighted by atomic mass is 10.1. The fraction of sp³-hybridized carbons (Fsp3) is 0.542. The van der Waals surface area contributed by atoms with Crippen molar-refractivity contribution in [3.05, 3.63) is 35.3 Å². The van der Waals surface area contributed by atoms with Crippen molar-refractivity contribution < 1.29 is 23.8 Å². The first-order chi connectivity index (χ1) is 15.7. The lowest BCUT2D eigenvalue weighted by Crippen LogP contribution is -2.31. The molecule has 3 rings (SSSR count). The van der Waals surface area contributed by atoms with Gasteiger partial charge in [-0.05, 0) is 64.4 Å². The van der Waals surface area contributed by atoms with Crippen molar-refractivity contribution in [3.8, 4) is 16.3 Å². The number of thiazole rings is 1. The number of alkyl carbamates (subject to hydrolysis) is 1. The van der Waals surface area contributed by atoms with Crippen LogP contribution in [-0.4, -0.2) is 60.9 Å². The molecule has 180 valence electrons. The molecule has 2 aromatic rings. The summed E-state index contributed by atoms with van der Waals surface area (Å²) in [7, 11) is 1.45. The summed E-state index contributed by atoms with van der Waals surface area (Å²) < 4.78 is 15.9. The van der Waals surface area contributed by atoms with Gasteiger partial charge < -0.3 is 24.4 Å². The van der Waals surface area contributed by atoms with Crippen molar-refractivity contribution >= 4 is 23.4 Å². The minimum Gasteiger partial charge on any atom is -0.494 e. The van der Waals surface area contributed by atoms with Gasteiger partial charge in [-0.3, -0.25) is 4.79 Å². The zero-order valence-electron chi connectivity index (χ0n) is 19.8. The quantitative estimate of drug-likeness (QED) is 0.431. The Kier molecular flexibility index (Phi) is 8.68. The lowest BCUT2D eigenvalue weighted by molar-refractivity contribution is -0.144. The average molecular weight is 476 g/mol. The summed E-state index contributed by atoms with van der Waals surface area (Å²) in [5.41, 5.74) is 0.482. The Morgan fingerprint density at radius 2 is 2.00 bits per heavy atom. The molecule has 0 aliphatic carbocycles. The Hall–Kier alpha value is -2.65. The molecule has 0 radical (unpaired) electrons. The topological polar surface area (TPSA) is 90.0 Å². The van der Waals surface area contributed by atoms with Gasteiger partial charge in [0, 0.05) is 29.7 Å². The molecule has 0 saturated carbocycles. The maximum absolute atomic E-state index is 11.8. The molecule has 0 bridgehead atoms. The zero-order chi connectivity index (χ0) is 23.8. The van der Waals surface area contributed by atoms with Crippen LogP contribution >= 0.6 is 11.3 Å². The minimum atomic E-state index is -0.519. The number of hydrogen-bond acceptors (Lipinski definition) is 8. The summed E-state index contributed by atoms with van der Waals surface area (Å²) in [4.78, 5) is 31.1. The fourth-order valence-electron chi connectivity index (χ4n) is 3.56. The summed E-state index contributed by atoms with van der Waals surface area (Å²) in [5.74, 6) is 0.708. The van der Waals surface area contributed by atoms with Gasteiger partial charge in [-0.15, -0.1) is 11.3 Å². The predicted molar refractivity (Wildman–Crippen MR) is 127 cm³/mol. The second-order valence-electron chi connectivity index (χ2n) is 9.02. The third kappa shape index (κ3) is 8.01. The van der Waals surface area contributed by atoms with Crippen LogP contribution in [0, 0.1) is 5.92 Å². The number of hydrogen-bond donors (Lipinski definition) is 1. The summed E-state index contributed by atoms with van der Waals surface area (Å²) in [6.45, 7) is 9.11. The molecule has 2 heterocycles. The van der Waals surface area contributed by atoms with Crippen LogP contribution in [0.3, 0.4) is 0 Å². The Labute approximate surface area is 199 Å². The van der Waals surface area contributed by atoms with Crippen LogP contribution in [0.5, 0.6) is 5.75 Å². The number of methoxy groups -OCH3 is 1. The van der Waals surface area contributed by atoms with Crippen LogP contribution in [-0.2, 0) is 20.8 Å². The third-order valence-corrected chi connectivity index (χ3v) is 6.20. The maximum atomic E-state index is 11.8. The number of benzene rings is 1. The molecule has 8 nitrogen and oxygen atoms in total. The molecule has 1 saturated heterocycles. The highest BCUT2D eigenvalue weighted by Crippen LogP contribution is 2.27. The van der Waals surface area contributed by atoms with E-state index in [1.807, 2.05) is 45.0 Å². The zero-order valence-corrected chi connectivity index (χ0v) is 20.6. The van der Waals surface area contributed by atoms with E-state index in [4.69, 9.17) is 14.2 Å². The minimum absolute atomic E-state index is 0.00271. The number of nitrogens with one attached hydrogen (secondary N) is 1. The lowest BCUT2D eigenvalue weighted by Gasteiger charge is -2.19. The van der Waals surface area contributed by atoms with Gasteiger partial charge in [-0.25, -0.2) is 9.78 Å². The molecule has 1 N–H and O–H groups in total. The van der Waals surface area contributed by atoms with E-state index in [1.165, 1.54) is 18.4 Å². The number of esters is 1. The number of likely N-dealkylation sites (tertiary alicyclic amines) is 1. The van der Waals surface area contributed by atoms with Crippen molar-refractivity contribution in [2.24, 2.45) is 5.92 Å². The predicted octanol–water partition coefficient (Wildman–Crippen LogP) is 4.10. The Morgan fingerprint density at radius 1 is 1.24 bits per heavy atom. The van der Waals surface area contributed by atoms with Crippen LogP contribution in [0.1, 0.15) is 38.5 Å². The summed E-state index contributed by atoms with van der Waals surface area (Å²) in [5, 5.41) is 3.64. The first kappa shape index (κ1) is 25.0. The molecule has 33 heavy (non-hydrogen) atoms. The molecule has 1 aliphatic rings. The van der Waals surface area contributed by atoms with E-state index in [9.17, 15) is 9.59 Å². The number of aromatic nitrogens is 1. The Morgan fingerprint density at radius 3 is 2.70 bits per heavy atom. The highest BCUT2D eigenvalue weighted by Gasteiger charge is 2.28. The fourth-order valence-corrected chi connectivity index (χ4v) is 4.42. The van der Waals surface area contributed by atoms with Crippen molar-refractivity contribution in [2.75, 3.05) is 33.4 Å². The van der Waals surface area contributed by atoms with Crippen molar-refractivity contribution in [1.82, 2.24) is 15.2 Å². The number of rotatable bonds is 9. The van der Waals surface area contributed by atoms with Crippen LogP contribution in [0.25, 0.3) is 10.6 Å². The molecular weight excluding hydrogens is 442 g/mol. The number of carbonyl (C=O) groups excluding carboxylic acids is 2. The molecule has 1 aliphatic heterocycles. The molecule has 9 heteroatoms. The van der Waals surface area contributed by atoms with Crippen LogP contribution < -0.4 is 10.1 Å². The van der Waals surface area contributed by atoms with E-state index in [2.05, 4.69) is 15.2 Å². The van der Waals surface area contributed by atoms with Gasteiger partial charge in [0.05, 0.1) is 26.2 Å². The third-order valence-electron chi connectivity index (χ3n) is 5.15. The van der Waals surface area contributed by atoms with Gasteiger partial charge >= 0.3 is 12.1 Å². The molecule has 1 amide bonds. The van der Waals surface area contributed by atoms with Crippen molar-refractivity contribution in [3.63, 3.8) is 0 Å². The molecule has 1 unspecified atom stereocenters. The van der Waals surface area contributed by atoms with Crippen LogP contribution in [0.15, 0.2) is 30.5 Å². The monoisotopic (exact) mass is 475 g/mol. The summed E-state index contributed by atoms with van der Waals surface area (Å²) >= 11 is 1.53. The number of nitrogens with zero attached hydrogens (tertiary/aromatic N) is 2. The van der Waals surface area contributed by atoms with Gasteiger partial charge in [-0.1, -0.05) is 0 Å². The van der Waals surface area contributed by atoms with E-state index < -0.39 is 11.7 Å². The molecule has 1 fully saturated rings. The molecular formula is C24H33N3O5S. The van der Waals surface area contributed by atoms with Crippen LogP contribution in [0.2, 0.25) is 0 Å². The van der Waals surface area contributed by atoms with E-state index in [-0.39, 0.29) is 11.9 Å². The van der Waals surface area contributed by atoms with Crippen molar-refractivity contribution in [1.29, 1.82) is 0 Å². The van der Waals surface area contributed by atoms with Gasteiger partial charge in [0.2, 0.25) is 0 Å². The Bertz CT molecular complexity index is 923. The normalized spacial score (nSPS) is 16.4. The smallest absolute Gasteiger partial charge is 0.407 e. The second kappa shape index (κ2) is 11.5. The Balaban J connectivity index is 1.39. The summed E-state index contributed by atoms with van der Waals surface area (Å²) in [6.07, 6.45) is 3.10. The summed E-state index contributed by atoms with van der Waals surface area (Å²) in [6, 6.07) is 7.86.